The Balaban J connectivity index is 2.38. The predicted octanol–water partition coefficient (Wildman–Crippen LogP) is 1.41. The third-order valence-electron chi connectivity index (χ3n) is 2.72. The SMILES string of the molecule is C[C@@H](N)CN1C(=O)N(C)Cc2ccccc21. The lowest BCUT2D eigenvalue weighted by Gasteiger charge is -2.35. The van der Waals surface area contributed by atoms with Crippen LogP contribution in [0.1, 0.15) is 12.5 Å². The molecule has 0 fully saturated rings. The number of nitrogens with two attached hydrogens (primary N) is 1. The van der Waals surface area contributed by atoms with Crippen LogP contribution in [0, 0.1) is 0 Å². The third kappa shape index (κ3) is 1.88. The van der Waals surface area contributed by atoms with Gasteiger partial charge in [-0.3, -0.25) is 4.90 Å². The lowest BCUT2D eigenvalue weighted by atomic mass is 10.1. The molecule has 86 valence electrons. The Morgan fingerprint density at radius 3 is 2.81 bits per heavy atom. The molecule has 0 aliphatic carbocycles. The first-order valence-electron chi connectivity index (χ1n) is 5.45. The van der Waals surface area contributed by atoms with Crippen molar-refractivity contribution < 1.29 is 4.79 Å². The molecule has 2 amide bonds. The van der Waals surface area contributed by atoms with E-state index in [-0.39, 0.29) is 12.1 Å². The average molecular weight is 219 g/mol. The zero-order valence-corrected chi connectivity index (χ0v) is 9.68. The van der Waals surface area contributed by atoms with E-state index in [0.29, 0.717) is 13.1 Å². The molecule has 4 heteroatoms. The van der Waals surface area contributed by atoms with E-state index >= 15 is 0 Å². The van der Waals surface area contributed by atoms with Gasteiger partial charge in [-0.1, -0.05) is 18.2 Å². The molecule has 1 atom stereocenters. The maximum atomic E-state index is 12.0. The van der Waals surface area contributed by atoms with E-state index in [2.05, 4.69) is 0 Å². The highest BCUT2D eigenvalue weighted by atomic mass is 16.2. The van der Waals surface area contributed by atoms with Crippen LogP contribution in [0.2, 0.25) is 0 Å². The zero-order chi connectivity index (χ0) is 11.7. The molecule has 0 unspecified atom stereocenters. The van der Waals surface area contributed by atoms with Crippen LogP contribution in [-0.4, -0.2) is 30.6 Å². The molecule has 2 rings (SSSR count). The molecule has 1 aliphatic heterocycles. The average Bonchev–Trinajstić information content (AvgIpc) is 2.24. The van der Waals surface area contributed by atoms with Crippen LogP contribution in [0.25, 0.3) is 0 Å². The lowest BCUT2D eigenvalue weighted by Crippen LogP contribution is -2.49. The molecule has 0 saturated carbocycles. The number of anilines is 1. The summed E-state index contributed by atoms with van der Waals surface area (Å²) in [6.07, 6.45) is 0. The largest absolute Gasteiger partial charge is 0.326 e. The van der Waals surface area contributed by atoms with Crippen molar-refractivity contribution in [1.29, 1.82) is 0 Å². The van der Waals surface area contributed by atoms with Crippen molar-refractivity contribution in [3.05, 3.63) is 29.8 Å². The number of hydrogen-bond donors (Lipinski definition) is 1. The van der Waals surface area contributed by atoms with E-state index in [0.717, 1.165) is 5.69 Å². The summed E-state index contributed by atoms with van der Waals surface area (Å²) in [5.74, 6) is 0. The van der Waals surface area contributed by atoms with Crippen molar-refractivity contribution in [3.63, 3.8) is 0 Å². The Labute approximate surface area is 95.6 Å². The van der Waals surface area contributed by atoms with Crippen LogP contribution in [0.3, 0.4) is 0 Å². The molecule has 16 heavy (non-hydrogen) atoms. The maximum absolute atomic E-state index is 12.0. The second-order valence-corrected chi connectivity index (χ2v) is 4.36. The van der Waals surface area contributed by atoms with Crippen LogP contribution in [0.15, 0.2) is 24.3 Å². The smallest absolute Gasteiger partial charge is 0.324 e. The van der Waals surface area contributed by atoms with Crippen molar-refractivity contribution in [2.75, 3.05) is 18.5 Å². The molecule has 1 aliphatic rings. The first-order valence-corrected chi connectivity index (χ1v) is 5.45. The number of urea groups is 1. The van der Waals surface area contributed by atoms with Crippen LogP contribution < -0.4 is 10.6 Å². The van der Waals surface area contributed by atoms with Gasteiger partial charge in [0.2, 0.25) is 0 Å². The normalized spacial score (nSPS) is 17.3. The van der Waals surface area contributed by atoms with E-state index in [1.807, 2.05) is 38.2 Å². The van der Waals surface area contributed by atoms with Gasteiger partial charge in [-0.15, -0.1) is 0 Å². The van der Waals surface area contributed by atoms with Gasteiger partial charge >= 0.3 is 6.03 Å². The van der Waals surface area contributed by atoms with E-state index in [1.165, 1.54) is 5.56 Å². The molecular weight excluding hydrogens is 202 g/mol. The van der Waals surface area contributed by atoms with Gasteiger partial charge < -0.3 is 10.6 Å². The molecule has 0 spiro atoms. The summed E-state index contributed by atoms with van der Waals surface area (Å²) in [6, 6.07) is 7.97. The monoisotopic (exact) mass is 219 g/mol. The third-order valence-corrected chi connectivity index (χ3v) is 2.72. The van der Waals surface area contributed by atoms with Gasteiger partial charge in [0, 0.05) is 26.2 Å². The number of benzene rings is 1. The summed E-state index contributed by atoms with van der Waals surface area (Å²) in [7, 11) is 1.81. The number of para-hydroxylation sites is 1. The van der Waals surface area contributed by atoms with Crippen LogP contribution in [0.4, 0.5) is 10.5 Å². The molecule has 1 aromatic rings. The van der Waals surface area contributed by atoms with E-state index in [9.17, 15) is 4.79 Å². The lowest BCUT2D eigenvalue weighted by molar-refractivity contribution is 0.210. The Kier molecular flexibility index (Phi) is 2.83. The van der Waals surface area contributed by atoms with Crippen LogP contribution >= 0.6 is 0 Å². The Hall–Kier alpha value is -1.55. The fourth-order valence-electron chi connectivity index (χ4n) is 2.00. The molecule has 0 radical (unpaired) electrons. The quantitative estimate of drug-likeness (QED) is 0.817. The summed E-state index contributed by atoms with van der Waals surface area (Å²) in [4.78, 5) is 15.5. The van der Waals surface area contributed by atoms with Crippen LogP contribution in [0.5, 0.6) is 0 Å². The van der Waals surface area contributed by atoms with Crippen molar-refractivity contribution in [1.82, 2.24) is 4.90 Å². The van der Waals surface area contributed by atoms with Crippen molar-refractivity contribution in [3.8, 4) is 0 Å². The molecule has 0 aromatic heterocycles. The highest BCUT2D eigenvalue weighted by Gasteiger charge is 2.27. The minimum Gasteiger partial charge on any atom is -0.326 e. The zero-order valence-electron chi connectivity index (χ0n) is 9.68. The topological polar surface area (TPSA) is 49.6 Å². The number of carbonyl (C=O) groups excluding carboxylic acids is 1. The fourth-order valence-corrected chi connectivity index (χ4v) is 2.00. The second-order valence-electron chi connectivity index (χ2n) is 4.36. The molecular formula is C12H17N3O. The minimum absolute atomic E-state index is 0.0241. The minimum atomic E-state index is -0.0245. The number of nitrogens with zero attached hydrogens (tertiary/aromatic N) is 2. The summed E-state index contributed by atoms with van der Waals surface area (Å²) in [5, 5.41) is 0. The fraction of sp³-hybridized carbons (Fsp3) is 0.417. The van der Waals surface area contributed by atoms with Gasteiger partial charge in [0.15, 0.2) is 0 Å². The predicted molar refractivity (Wildman–Crippen MR) is 64.3 cm³/mol. The van der Waals surface area contributed by atoms with Crippen molar-refractivity contribution in [2.24, 2.45) is 5.73 Å². The number of carbonyl (C=O) groups is 1. The molecule has 0 saturated heterocycles. The molecule has 1 heterocycles. The second kappa shape index (κ2) is 4.14. The molecule has 0 bridgehead atoms. The molecule has 4 nitrogen and oxygen atoms in total. The summed E-state index contributed by atoms with van der Waals surface area (Å²) in [5.41, 5.74) is 7.94. The summed E-state index contributed by atoms with van der Waals surface area (Å²) >= 11 is 0. The van der Waals surface area contributed by atoms with Crippen molar-refractivity contribution in [2.45, 2.75) is 19.5 Å². The van der Waals surface area contributed by atoms with E-state index < -0.39 is 0 Å². The van der Waals surface area contributed by atoms with Gasteiger partial charge in [-0.2, -0.15) is 0 Å². The van der Waals surface area contributed by atoms with Crippen molar-refractivity contribution >= 4 is 11.7 Å². The van der Waals surface area contributed by atoms with Gasteiger partial charge in [0.25, 0.3) is 0 Å². The highest BCUT2D eigenvalue weighted by molar-refractivity contribution is 5.94. The summed E-state index contributed by atoms with van der Waals surface area (Å²) < 4.78 is 0. The highest BCUT2D eigenvalue weighted by Crippen LogP contribution is 2.27. The standard InChI is InChI=1S/C12H17N3O/c1-9(13)7-15-11-6-4-3-5-10(11)8-14(2)12(15)16/h3-6,9H,7-8,13H2,1-2H3/t9-/m1/s1. The number of hydrogen-bond acceptors (Lipinski definition) is 2. The Bertz CT molecular complexity index is 403. The Morgan fingerprint density at radius 2 is 2.12 bits per heavy atom. The van der Waals surface area contributed by atoms with Gasteiger partial charge in [-0.25, -0.2) is 4.79 Å². The maximum Gasteiger partial charge on any atom is 0.324 e. The van der Waals surface area contributed by atoms with Crippen LogP contribution in [-0.2, 0) is 6.54 Å². The Morgan fingerprint density at radius 1 is 1.44 bits per heavy atom. The number of rotatable bonds is 2. The summed E-state index contributed by atoms with van der Waals surface area (Å²) in [6.45, 7) is 3.13. The number of fused-ring (bicyclic) bond motifs is 1. The first kappa shape index (κ1) is 11.0. The van der Waals surface area contributed by atoms with Gasteiger partial charge in [-0.05, 0) is 18.6 Å². The van der Waals surface area contributed by atoms with Gasteiger partial charge in [0.05, 0.1) is 5.69 Å². The number of amides is 2. The van der Waals surface area contributed by atoms with Gasteiger partial charge in [0.1, 0.15) is 0 Å². The van der Waals surface area contributed by atoms with E-state index in [1.54, 1.807) is 9.80 Å². The first-order chi connectivity index (χ1) is 7.59. The molecule has 2 N–H and O–H groups in total. The molecule has 1 aromatic carbocycles. The van der Waals surface area contributed by atoms with E-state index in [4.69, 9.17) is 5.73 Å².